The zero-order valence-electron chi connectivity index (χ0n) is 7.16. The van der Waals surface area contributed by atoms with Gasteiger partial charge in [0.25, 0.3) is 0 Å². The van der Waals surface area contributed by atoms with Crippen LogP contribution in [0.1, 0.15) is 19.3 Å². The van der Waals surface area contributed by atoms with E-state index in [-0.39, 0.29) is 0 Å². The SMILES string of the molecule is C=CCC1CC1CCOC(N)=O. The third-order valence-corrected chi connectivity index (χ3v) is 2.27. The lowest BCUT2D eigenvalue weighted by atomic mass is 10.2. The lowest BCUT2D eigenvalue weighted by Gasteiger charge is -1.99. The minimum atomic E-state index is -0.670. The monoisotopic (exact) mass is 169 g/mol. The molecule has 1 fully saturated rings. The molecule has 2 atom stereocenters. The molecule has 0 heterocycles. The van der Waals surface area contributed by atoms with E-state index in [1.807, 2.05) is 6.08 Å². The summed E-state index contributed by atoms with van der Waals surface area (Å²) in [5, 5.41) is 0. The van der Waals surface area contributed by atoms with E-state index >= 15 is 0 Å². The van der Waals surface area contributed by atoms with E-state index in [1.54, 1.807) is 0 Å². The fourth-order valence-corrected chi connectivity index (χ4v) is 1.48. The molecule has 0 spiro atoms. The third-order valence-electron chi connectivity index (χ3n) is 2.27. The van der Waals surface area contributed by atoms with E-state index in [0.717, 1.165) is 24.7 Å². The quantitative estimate of drug-likeness (QED) is 0.636. The van der Waals surface area contributed by atoms with Gasteiger partial charge in [-0.3, -0.25) is 0 Å². The maximum atomic E-state index is 10.2. The van der Waals surface area contributed by atoms with E-state index in [1.165, 1.54) is 6.42 Å². The van der Waals surface area contributed by atoms with E-state index in [0.29, 0.717) is 6.61 Å². The van der Waals surface area contributed by atoms with Gasteiger partial charge in [-0.2, -0.15) is 0 Å². The molecule has 1 aliphatic carbocycles. The summed E-state index contributed by atoms with van der Waals surface area (Å²) in [6.45, 7) is 4.14. The average Bonchev–Trinajstić information content (AvgIpc) is 2.68. The second kappa shape index (κ2) is 4.14. The molecule has 0 aromatic rings. The van der Waals surface area contributed by atoms with E-state index in [4.69, 9.17) is 5.73 Å². The maximum absolute atomic E-state index is 10.2. The largest absolute Gasteiger partial charge is 0.450 e. The molecule has 3 nitrogen and oxygen atoms in total. The van der Waals surface area contributed by atoms with Gasteiger partial charge in [0, 0.05) is 0 Å². The van der Waals surface area contributed by atoms with Crippen LogP contribution in [0.4, 0.5) is 4.79 Å². The molecule has 0 saturated heterocycles. The smallest absolute Gasteiger partial charge is 0.404 e. The Kier molecular flexibility index (Phi) is 3.14. The van der Waals surface area contributed by atoms with Crippen LogP contribution in [0.2, 0.25) is 0 Å². The Hall–Kier alpha value is -0.990. The first-order chi connectivity index (χ1) is 5.74. The van der Waals surface area contributed by atoms with E-state index in [9.17, 15) is 4.79 Å². The van der Waals surface area contributed by atoms with Gasteiger partial charge in [0.1, 0.15) is 0 Å². The van der Waals surface area contributed by atoms with Gasteiger partial charge in [-0.05, 0) is 31.1 Å². The number of carbonyl (C=O) groups excluding carboxylic acids is 1. The van der Waals surface area contributed by atoms with Crippen LogP contribution in [0, 0.1) is 11.8 Å². The molecule has 12 heavy (non-hydrogen) atoms. The minimum Gasteiger partial charge on any atom is -0.450 e. The van der Waals surface area contributed by atoms with Crippen molar-refractivity contribution in [2.75, 3.05) is 6.61 Å². The van der Waals surface area contributed by atoms with Gasteiger partial charge in [-0.1, -0.05) is 6.08 Å². The van der Waals surface area contributed by atoms with Gasteiger partial charge in [0.05, 0.1) is 6.61 Å². The van der Waals surface area contributed by atoms with Crippen molar-refractivity contribution in [2.24, 2.45) is 17.6 Å². The molecule has 0 radical (unpaired) electrons. The number of primary amides is 1. The Morgan fingerprint density at radius 1 is 1.67 bits per heavy atom. The van der Waals surface area contributed by atoms with Crippen LogP contribution in [0.3, 0.4) is 0 Å². The number of allylic oxidation sites excluding steroid dienone is 1. The van der Waals surface area contributed by atoms with Crippen LogP contribution >= 0.6 is 0 Å². The predicted octanol–water partition coefficient (Wildman–Crippen LogP) is 1.68. The van der Waals surface area contributed by atoms with Crippen molar-refractivity contribution < 1.29 is 9.53 Å². The number of ether oxygens (including phenoxy) is 1. The first kappa shape index (κ1) is 9.10. The minimum absolute atomic E-state index is 0.466. The number of carbonyl (C=O) groups is 1. The second-order valence-electron chi connectivity index (χ2n) is 3.24. The summed E-state index contributed by atoms with van der Waals surface area (Å²) >= 11 is 0. The Labute approximate surface area is 72.6 Å². The van der Waals surface area contributed by atoms with Gasteiger partial charge in [-0.25, -0.2) is 4.79 Å². The molecule has 1 saturated carbocycles. The number of rotatable bonds is 5. The molecule has 3 heteroatoms. The van der Waals surface area contributed by atoms with Gasteiger partial charge in [0.2, 0.25) is 0 Å². The molecule has 2 unspecified atom stereocenters. The fraction of sp³-hybridized carbons (Fsp3) is 0.667. The Morgan fingerprint density at radius 3 is 3.00 bits per heavy atom. The van der Waals surface area contributed by atoms with Gasteiger partial charge >= 0.3 is 6.09 Å². The summed E-state index contributed by atoms with van der Waals surface area (Å²) in [5.74, 6) is 1.50. The van der Waals surface area contributed by atoms with Crippen LogP contribution in [-0.4, -0.2) is 12.7 Å². The first-order valence-electron chi connectivity index (χ1n) is 4.27. The number of amides is 1. The Balaban J connectivity index is 1.96. The summed E-state index contributed by atoms with van der Waals surface area (Å²) in [6.07, 6.45) is 4.55. The Morgan fingerprint density at radius 2 is 2.42 bits per heavy atom. The van der Waals surface area contributed by atoms with Crippen molar-refractivity contribution in [2.45, 2.75) is 19.3 Å². The normalized spacial score (nSPS) is 26.3. The summed E-state index contributed by atoms with van der Waals surface area (Å²) in [6, 6.07) is 0. The summed E-state index contributed by atoms with van der Waals surface area (Å²) in [4.78, 5) is 10.2. The number of hydrogen-bond donors (Lipinski definition) is 1. The highest BCUT2D eigenvalue weighted by Crippen LogP contribution is 2.43. The second-order valence-corrected chi connectivity index (χ2v) is 3.24. The van der Waals surface area contributed by atoms with E-state index < -0.39 is 6.09 Å². The van der Waals surface area contributed by atoms with Gasteiger partial charge in [0.15, 0.2) is 0 Å². The molecular formula is C9H15NO2. The van der Waals surface area contributed by atoms with Gasteiger partial charge in [-0.15, -0.1) is 6.58 Å². The van der Waals surface area contributed by atoms with Crippen LogP contribution in [0.15, 0.2) is 12.7 Å². The standard InChI is InChI=1S/C9H15NO2/c1-2-3-7-6-8(7)4-5-12-9(10)11/h2,7-8H,1,3-6H2,(H2,10,11). The summed E-state index contributed by atoms with van der Waals surface area (Å²) < 4.78 is 4.63. The number of hydrogen-bond acceptors (Lipinski definition) is 2. The van der Waals surface area contributed by atoms with Crippen LogP contribution in [0.5, 0.6) is 0 Å². The average molecular weight is 169 g/mol. The zero-order chi connectivity index (χ0) is 8.97. The molecule has 1 aliphatic rings. The lowest BCUT2D eigenvalue weighted by Crippen LogP contribution is -2.13. The summed E-state index contributed by atoms with van der Waals surface area (Å²) in [7, 11) is 0. The summed E-state index contributed by atoms with van der Waals surface area (Å²) in [5.41, 5.74) is 4.82. The zero-order valence-corrected chi connectivity index (χ0v) is 7.16. The van der Waals surface area contributed by atoms with Crippen LogP contribution in [-0.2, 0) is 4.74 Å². The molecule has 0 aromatic heterocycles. The lowest BCUT2D eigenvalue weighted by molar-refractivity contribution is 0.153. The molecule has 2 N–H and O–H groups in total. The highest BCUT2D eigenvalue weighted by atomic mass is 16.5. The molecule has 1 rings (SSSR count). The van der Waals surface area contributed by atoms with Crippen molar-refractivity contribution in [1.29, 1.82) is 0 Å². The van der Waals surface area contributed by atoms with E-state index in [2.05, 4.69) is 11.3 Å². The van der Waals surface area contributed by atoms with Crippen LogP contribution in [0.25, 0.3) is 0 Å². The highest BCUT2D eigenvalue weighted by molar-refractivity contribution is 5.64. The van der Waals surface area contributed by atoms with Crippen molar-refractivity contribution in [3.8, 4) is 0 Å². The molecule has 1 amide bonds. The third kappa shape index (κ3) is 2.95. The molecular weight excluding hydrogens is 154 g/mol. The van der Waals surface area contributed by atoms with Crippen molar-refractivity contribution in [3.05, 3.63) is 12.7 Å². The molecule has 0 bridgehead atoms. The molecule has 0 aliphatic heterocycles. The highest BCUT2D eigenvalue weighted by Gasteiger charge is 2.35. The van der Waals surface area contributed by atoms with Gasteiger partial charge < -0.3 is 10.5 Å². The maximum Gasteiger partial charge on any atom is 0.404 e. The first-order valence-corrected chi connectivity index (χ1v) is 4.27. The Bertz CT molecular complexity index is 179. The van der Waals surface area contributed by atoms with Crippen molar-refractivity contribution in [1.82, 2.24) is 0 Å². The predicted molar refractivity (Wildman–Crippen MR) is 46.6 cm³/mol. The topological polar surface area (TPSA) is 52.3 Å². The van der Waals surface area contributed by atoms with Crippen molar-refractivity contribution in [3.63, 3.8) is 0 Å². The molecule has 0 aromatic carbocycles. The molecule has 68 valence electrons. The fourth-order valence-electron chi connectivity index (χ4n) is 1.48. The number of nitrogens with two attached hydrogens (primary N) is 1. The van der Waals surface area contributed by atoms with Crippen LogP contribution < -0.4 is 5.73 Å². The van der Waals surface area contributed by atoms with Crippen molar-refractivity contribution >= 4 is 6.09 Å².